The van der Waals surface area contributed by atoms with Gasteiger partial charge < -0.3 is 17.2 Å². The predicted octanol–water partition coefficient (Wildman–Crippen LogP) is -2.32. The molecule has 13 heavy (non-hydrogen) atoms. The highest BCUT2D eigenvalue weighted by atomic mass is 16.2. The van der Waals surface area contributed by atoms with E-state index in [-0.39, 0.29) is 5.96 Å². The molecule has 0 bridgehead atoms. The maximum Gasteiger partial charge on any atom is 0.320 e. The molecule has 0 aliphatic rings. The molecular weight excluding hydrogens is 178 g/mol. The molecule has 0 aliphatic heterocycles. The van der Waals surface area contributed by atoms with E-state index in [2.05, 4.69) is 17.2 Å². The number of amides is 4. The fourth-order valence-corrected chi connectivity index (χ4v) is 0.182. The van der Waals surface area contributed by atoms with Crippen LogP contribution in [0, 0.1) is 16.9 Å². The van der Waals surface area contributed by atoms with Crippen molar-refractivity contribution >= 4 is 18.0 Å². The van der Waals surface area contributed by atoms with E-state index in [9.17, 15) is 9.59 Å². The summed E-state index contributed by atoms with van der Waals surface area (Å²) >= 11 is 0. The van der Waals surface area contributed by atoms with Crippen LogP contribution < -0.4 is 27.8 Å². The summed E-state index contributed by atoms with van der Waals surface area (Å²) in [7, 11) is 0. The zero-order valence-electron chi connectivity index (χ0n) is 6.50. The Morgan fingerprint density at radius 1 is 1.23 bits per heavy atom. The number of imide groups is 1. The number of rotatable bonds is 0. The Labute approximate surface area is 73.4 Å². The monoisotopic (exact) mass is 187 g/mol. The Hall–Kier alpha value is -2.50. The lowest BCUT2D eigenvalue weighted by Gasteiger charge is -1.88. The summed E-state index contributed by atoms with van der Waals surface area (Å²) in [6.45, 7) is 0. The number of carbonyl (C=O) groups is 2. The molecule has 4 amide bonds. The first-order valence-corrected chi connectivity index (χ1v) is 2.75. The van der Waals surface area contributed by atoms with Crippen LogP contribution in [0.25, 0.3) is 0 Å². The molecule has 0 fully saturated rings. The van der Waals surface area contributed by atoms with E-state index in [1.165, 1.54) is 6.19 Å². The van der Waals surface area contributed by atoms with Crippen LogP contribution in [-0.2, 0) is 0 Å². The van der Waals surface area contributed by atoms with Crippen LogP contribution in [0.2, 0.25) is 0 Å². The topological polar surface area (TPSA) is 184 Å². The van der Waals surface area contributed by atoms with E-state index in [0.717, 1.165) is 0 Å². The minimum atomic E-state index is -0.938. The second kappa shape index (κ2) is 7.61. The van der Waals surface area contributed by atoms with Crippen molar-refractivity contribution in [2.24, 2.45) is 17.2 Å². The number of primary amides is 2. The third-order valence-electron chi connectivity index (χ3n) is 0.437. The van der Waals surface area contributed by atoms with Crippen molar-refractivity contribution in [3.8, 4) is 6.19 Å². The van der Waals surface area contributed by atoms with Gasteiger partial charge in [0, 0.05) is 0 Å². The predicted molar refractivity (Wildman–Crippen MR) is 43.0 cm³/mol. The summed E-state index contributed by atoms with van der Waals surface area (Å²) < 4.78 is 0. The number of nitrogens with two attached hydrogens (primary N) is 3. The minimum Gasteiger partial charge on any atom is -0.369 e. The van der Waals surface area contributed by atoms with E-state index in [1.807, 2.05) is 5.32 Å². The van der Waals surface area contributed by atoms with Crippen LogP contribution in [0.15, 0.2) is 0 Å². The highest BCUT2D eigenvalue weighted by Crippen LogP contribution is 1.51. The number of hydrogen-bond donors (Lipinski definition) is 6. The fraction of sp³-hybridized carbons (Fsp3) is 0. The Balaban J connectivity index is 0. The molecular formula is C4H9N7O2. The van der Waals surface area contributed by atoms with Gasteiger partial charge in [0.05, 0.1) is 0 Å². The summed E-state index contributed by atoms with van der Waals surface area (Å²) in [5.74, 6) is -0.322. The smallest absolute Gasteiger partial charge is 0.320 e. The van der Waals surface area contributed by atoms with Gasteiger partial charge in [0.1, 0.15) is 0 Å². The molecule has 0 saturated carbocycles. The minimum absolute atomic E-state index is 0.322. The van der Waals surface area contributed by atoms with Gasteiger partial charge in [-0.1, -0.05) is 0 Å². The van der Waals surface area contributed by atoms with Gasteiger partial charge in [0.2, 0.25) is 0 Å². The molecule has 0 radical (unpaired) electrons. The van der Waals surface area contributed by atoms with Gasteiger partial charge in [-0.3, -0.25) is 16.0 Å². The van der Waals surface area contributed by atoms with Crippen LogP contribution in [-0.4, -0.2) is 18.0 Å². The van der Waals surface area contributed by atoms with Gasteiger partial charge in [-0.05, 0) is 0 Å². The summed E-state index contributed by atoms with van der Waals surface area (Å²) in [4.78, 5) is 19.2. The van der Waals surface area contributed by atoms with Crippen LogP contribution >= 0.6 is 0 Å². The highest BCUT2D eigenvalue weighted by Gasteiger charge is 1.92. The molecule has 0 aromatic rings. The molecule has 9 nitrogen and oxygen atoms in total. The van der Waals surface area contributed by atoms with Crippen molar-refractivity contribution in [1.29, 1.82) is 10.7 Å². The molecule has 0 spiro atoms. The first-order chi connectivity index (χ1) is 5.90. The lowest BCUT2D eigenvalue weighted by atomic mass is 10.9. The van der Waals surface area contributed by atoms with Crippen LogP contribution in [0.5, 0.6) is 0 Å². The summed E-state index contributed by atoms with van der Waals surface area (Å²) in [6.07, 6.45) is 1.47. The average molecular weight is 187 g/mol. The van der Waals surface area contributed by atoms with Crippen molar-refractivity contribution in [1.82, 2.24) is 10.6 Å². The van der Waals surface area contributed by atoms with Crippen LogP contribution in [0.4, 0.5) is 9.59 Å². The van der Waals surface area contributed by atoms with Gasteiger partial charge in [-0.2, -0.15) is 5.26 Å². The maximum absolute atomic E-state index is 9.62. The van der Waals surface area contributed by atoms with Crippen molar-refractivity contribution in [3.05, 3.63) is 0 Å². The summed E-state index contributed by atoms with van der Waals surface area (Å²) in [5.41, 5.74) is 13.5. The van der Waals surface area contributed by atoms with E-state index < -0.39 is 12.1 Å². The third-order valence-corrected chi connectivity index (χ3v) is 0.437. The second-order valence-electron chi connectivity index (χ2n) is 1.50. The molecule has 0 rings (SSSR count). The molecule has 0 saturated heterocycles. The van der Waals surface area contributed by atoms with Crippen molar-refractivity contribution < 1.29 is 9.59 Å². The third kappa shape index (κ3) is 26.4. The van der Waals surface area contributed by atoms with Gasteiger partial charge in [-0.15, -0.1) is 0 Å². The zero-order valence-corrected chi connectivity index (χ0v) is 6.50. The van der Waals surface area contributed by atoms with Crippen molar-refractivity contribution in [2.75, 3.05) is 0 Å². The molecule has 9 N–H and O–H groups in total. The van der Waals surface area contributed by atoms with Gasteiger partial charge in [0.15, 0.2) is 12.2 Å². The van der Waals surface area contributed by atoms with E-state index in [0.29, 0.717) is 0 Å². The molecule has 0 aliphatic carbocycles. The lowest BCUT2D eigenvalue weighted by molar-refractivity contribution is 0.236. The SMILES string of the molecule is N#CNC(=N)N.NC(=O)NC(N)=O. The zero-order chi connectivity index (χ0) is 10.9. The number of hydrogen-bond acceptors (Lipinski definition) is 4. The van der Waals surface area contributed by atoms with Crippen molar-refractivity contribution in [2.45, 2.75) is 0 Å². The number of carbonyl (C=O) groups excluding carboxylic acids is 2. The molecule has 0 atom stereocenters. The highest BCUT2D eigenvalue weighted by molar-refractivity contribution is 5.91. The Morgan fingerprint density at radius 3 is 1.62 bits per heavy atom. The number of nitrogens with one attached hydrogen (secondary N) is 3. The molecule has 9 heteroatoms. The van der Waals surface area contributed by atoms with Crippen LogP contribution in [0.3, 0.4) is 0 Å². The Morgan fingerprint density at radius 2 is 1.62 bits per heavy atom. The van der Waals surface area contributed by atoms with Crippen LogP contribution in [0.1, 0.15) is 0 Å². The first kappa shape index (κ1) is 13.1. The van der Waals surface area contributed by atoms with E-state index in [1.54, 1.807) is 5.32 Å². The molecule has 0 aromatic heterocycles. The Bertz CT molecular complexity index is 229. The number of urea groups is 2. The van der Waals surface area contributed by atoms with Crippen molar-refractivity contribution in [3.63, 3.8) is 0 Å². The summed E-state index contributed by atoms with van der Waals surface area (Å²) in [5, 5.41) is 17.5. The largest absolute Gasteiger partial charge is 0.369 e. The number of nitrogens with zero attached hydrogens (tertiary/aromatic N) is 1. The molecule has 72 valence electrons. The fourth-order valence-electron chi connectivity index (χ4n) is 0.182. The van der Waals surface area contributed by atoms with Gasteiger partial charge >= 0.3 is 12.1 Å². The first-order valence-electron chi connectivity index (χ1n) is 2.75. The molecule has 0 aromatic carbocycles. The Kier molecular flexibility index (Phi) is 7.67. The van der Waals surface area contributed by atoms with E-state index >= 15 is 0 Å². The molecule has 0 heterocycles. The van der Waals surface area contributed by atoms with E-state index in [4.69, 9.17) is 10.7 Å². The summed E-state index contributed by atoms with van der Waals surface area (Å²) in [6, 6.07) is -1.88. The maximum atomic E-state index is 9.62. The number of guanidine groups is 1. The lowest BCUT2D eigenvalue weighted by Crippen LogP contribution is -2.38. The number of nitriles is 1. The van der Waals surface area contributed by atoms with Gasteiger partial charge in [0.25, 0.3) is 0 Å². The average Bonchev–Trinajstić information content (AvgIpc) is 1.83. The second-order valence-corrected chi connectivity index (χ2v) is 1.50. The quantitative estimate of drug-likeness (QED) is 0.107. The van der Waals surface area contributed by atoms with Gasteiger partial charge in [-0.25, -0.2) is 9.59 Å². The molecule has 0 unspecified atom stereocenters. The normalized spacial score (nSPS) is 6.69. The standard InChI is InChI=1S/C2H4N4.C2H5N3O2/c3-1-6-2(4)5;3-1(6)5-2(4)7/h(H4,4,5,6);(H5,3,4,5,6,7).